The molecule has 152 valence electrons. The molecule has 2 aromatic carbocycles. The summed E-state index contributed by atoms with van der Waals surface area (Å²) in [6.45, 7) is 6.74. The predicted molar refractivity (Wildman–Crippen MR) is 115 cm³/mol. The molecule has 1 saturated heterocycles. The van der Waals surface area contributed by atoms with Crippen LogP contribution < -0.4 is 9.47 Å². The lowest BCUT2D eigenvalue weighted by molar-refractivity contribution is 0.0705. The van der Waals surface area contributed by atoms with Gasteiger partial charge in [0.15, 0.2) is 0 Å². The van der Waals surface area contributed by atoms with Crippen molar-refractivity contribution in [1.82, 2.24) is 0 Å². The number of rotatable bonds is 6. The minimum absolute atomic E-state index is 0.0777. The van der Waals surface area contributed by atoms with Gasteiger partial charge in [-0.1, -0.05) is 25.1 Å². The number of ether oxygens (including phenoxy) is 2. The van der Waals surface area contributed by atoms with Crippen LogP contribution in [0, 0.1) is 6.92 Å². The molecule has 3 rings (SSSR count). The molecule has 0 aliphatic carbocycles. The second kappa shape index (κ2) is 9.21. The fraction of sp³-hybridized carbons (Fsp3) is 0.478. The van der Waals surface area contributed by atoms with Crippen molar-refractivity contribution in [1.29, 1.82) is 0 Å². The summed E-state index contributed by atoms with van der Waals surface area (Å²) in [4.78, 5) is 0. The van der Waals surface area contributed by atoms with E-state index in [1.807, 2.05) is 26.0 Å². The standard InChI is InChI=1S/C23H30O4S/c1-5-27-18-8-6-16(7-9-18)11-17-12-19(22(26-4)10-14(17)2)23-21(25)13-20(24)15(3)28-23/h6-10,12,15,20-21,23-25H,5,11,13H2,1-4H3. The molecule has 4 nitrogen and oxygen atoms in total. The van der Waals surface area contributed by atoms with E-state index >= 15 is 0 Å². The molecule has 1 heterocycles. The van der Waals surface area contributed by atoms with Crippen LogP contribution in [0.15, 0.2) is 36.4 Å². The van der Waals surface area contributed by atoms with Gasteiger partial charge in [-0.3, -0.25) is 0 Å². The molecule has 28 heavy (non-hydrogen) atoms. The zero-order valence-electron chi connectivity index (χ0n) is 17.0. The Labute approximate surface area is 171 Å². The van der Waals surface area contributed by atoms with Crippen LogP contribution in [0.2, 0.25) is 0 Å². The number of thioether (sulfide) groups is 1. The number of aliphatic hydroxyl groups excluding tert-OH is 2. The van der Waals surface area contributed by atoms with Crippen LogP contribution in [-0.2, 0) is 6.42 Å². The average Bonchev–Trinajstić information content (AvgIpc) is 2.68. The third kappa shape index (κ3) is 4.65. The van der Waals surface area contributed by atoms with Gasteiger partial charge in [0.05, 0.1) is 31.2 Å². The first-order valence-corrected chi connectivity index (χ1v) is 10.8. The maximum Gasteiger partial charge on any atom is 0.123 e. The zero-order chi connectivity index (χ0) is 20.3. The Morgan fingerprint density at radius 2 is 1.82 bits per heavy atom. The second-order valence-corrected chi connectivity index (χ2v) is 8.93. The zero-order valence-corrected chi connectivity index (χ0v) is 17.8. The Kier molecular flexibility index (Phi) is 6.91. The van der Waals surface area contributed by atoms with Gasteiger partial charge < -0.3 is 19.7 Å². The third-order valence-electron chi connectivity index (χ3n) is 5.36. The first-order valence-electron chi connectivity index (χ1n) is 9.83. The van der Waals surface area contributed by atoms with Gasteiger partial charge in [-0.2, -0.15) is 0 Å². The Morgan fingerprint density at radius 1 is 1.11 bits per heavy atom. The van der Waals surface area contributed by atoms with E-state index in [2.05, 4.69) is 31.2 Å². The maximum absolute atomic E-state index is 10.6. The van der Waals surface area contributed by atoms with Gasteiger partial charge in [0.2, 0.25) is 0 Å². The van der Waals surface area contributed by atoms with Crippen LogP contribution in [0.4, 0.5) is 0 Å². The molecule has 0 bridgehead atoms. The summed E-state index contributed by atoms with van der Waals surface area (Å²) in [5.41, 5.74) is 4.60. The monoisotopic (exact) mass is 402 g/mol. The molecule has 1 aliphatic heterocycles. The van der Waals surface area contributed by atoms with Crippen LogP contribution in [-0.4, -0.2) is 41.4 Å². The van der Waals surface area contributed by atoms with E-state index in [1.165, 1.54) is 11.1 Å². The van der Waals surface area contributed by atoms with Gasteiger partial charge in [-0.25, -0.2) is 0 Å². The minimum Gasteiger partial charge on any atom is -0.496 e. The van der Waals surface area contributed by atoms with Crippen molar-refractivity contribution in [2.75, 3.05) is 13.7 Å². The molecule has 1 aliphatic rings. The highest BCUT2D eigenvalue weighted by atomic mass is 32.2. The highest BCUT2D eigenvalue weighted by Crippen LogP contribution is 2.46. The normalized spacial score (nSPS) is 24.8. The summed E-state index contributed by atoms with van der Waals surface area (Å²) in [5, 5.41) is 20.7. The van der Waals surface area contributed by atoms with Gasteiger partial charge in [-0.15, -0.1) is 11.8 Å². The molecule has 4 atom stereocenters. The average molecular weight is 403 g/mol. The number of aliphatic hydroxyl groups is 2. The molecule has 0 radical (unpaired) electrons. The Bertz CT molecular complexity index is 790. The predicted octanol–water partition coefficient (Wildman–Crippen LogP) is 4.28. The van der Waals surface area contributed by atoms with Gasteiger partial charge in [0, 0.05) is 17.2 Å². The van der Waals surface area contributed by atoms with Crippen LogP contribution >= 0.6 is 11.8 Å². The topological polar surface area (TPSA) is 58.9 Å². The molecule has 0 spiro atoms. The molecule has 2 N–H and O–H groups in total. The summed E-state index contributed by atoms with van der Waals surface area (Å²) < 4.78 is 11.2. The molecule has 2 aromatic rings. The van der Waals surface area contributed by atoms with Crippen LogP contribution in [0.3, 0.4) is 0 Å². The summed E-state index contributed by atoms with van der Waals surface area (Å²) in [6, 6.07) is 12.4. The van der Waals surface area contributed by atoms with Gasteiger partial charge in [0.25, 0.3) is 0 Å². The molecular formula is C23H30O4S. The third-order valence-corrected chi connectivity index (χ3v) is 6.96. The van der Waals surface area contributed by atoms with Crippen molar-refractivity contribution < 1.29 is 19.7 Å². The molecular weight excluding hydrogens is 372 g/mol. The quantitative estimate of drug-likeness (QED) is 0.755. The van der Waals surface area contributed by atoms with E-state index in [0.717, 1.165) is 29.0 Å². The summed E-state index contributed by atoms with van der Waals surface area (Å²) in [5.74, 6) is 1.68. The first-order chi connectivity index (χ1) is 13.4. The van der Waals surface area contributed by atoms with E-state index in [1.54, 1.807) is 18.9 Å². The molecule has 0 amide bonds. The van der Waals surface area contributed by atoms with Crippen LogP contribution in [0.5, 0.6) is 11.5 Å². The van der Waals surface area contributed by atoms with Gasteiger partial charge >= 0.3 is 0 Å². The number of methoxy groups -OCH3 is 1. The lowest BCUT2D eigenvalue weighted by atomic mass is 9.93. The number of hydrogen-bond acceptors (Lipinski definition) is 5. The summed E-state index contributed by atoms with van der Waals surface area (Å²) >= 11 is 1.62. The van der Waals surface area contributed by atoms with Crippen molar-refractivity contribution in [2.45, 2.75) is 56.3 Å². The lowest BCUT2D eigenvalue weighted by Gasteiger charge is -2.36. The van der Waals surface area contributed by atoms with Crippen LogP contribution in [0.25, 0.3) is 0 Å². The maximum atomic E-state index is 10.6. The number of hydrogen-bond donors (Lipinski definition) is 2. The first kappa shape index (κ1) is 21.0. The fourth-order valence-electron chi connectivity index (χ4n) is 3.68. The van der Waals surface area contributed by atoms with Crippen LogP contribution in [0.1, 0.15) is 47.8 Å². The van der Waals surface area contributed by atoms with Crippen molar-refractivity contribution in [2.24, 2.45) is 0 Å². The summed E-state index contributed by atoms with van der Waals surface area (Å²) in [7, 11) is 1.67. The van der Waals surface area contributed by atoms with Crippen molar-refractivity contribution >= 4 is 11.8 Å². The van der Waals surface area contributed by atoms with E-state index in [0.29, 0.717) is 13.0 Å². The van der Waals surface area contributed by atoms with Gasteiger partial charge in [-0.05, 0) is 55.2 Å². The summed E-state index contributed by atoms with van der Waals surface area (Å²) in [6.07, 6.45) is 0.132. The Morgan fingerprint density at radius 3 is 2.46 bits per heavy atom. The van der Waals surface area contributed by atoms with E-state index < -0.39 is 12.2 Å². The molecule has 1 fully saturated rings. The Hall–Kier alpha value is -1.69. The number of benzene rings is 2. The van der Waals surface area contributed by atoms with E-state index in [-0.39, 0.29) is 10.5 Å². The highest BCUT2D eigenvalue weighted by molar-refractivity contribution is 8.00. The minimum atomic E-state index is -0.592. The van der Waals surface area contributed by atoms with Crippen molar-refractivity contribution in [3.8, 4) is 11.5 Å². The molecule has 4 unspecified atom stereocenters. The van der Waals surface area contributed by atoms with Crippen molar-refractivity contribution in [3.05, 3.63) is 58.7 Å². The van der Waals surface area contributed by atoms with E-state index in [9.17, 15) is 10.2 Å². The SMILES string of the molecule is CCOc1ccc(Cc2cc(C3SC(C)C(O)CC3O)c(OC)cc2C)cc1. The van der Waals surface area contributed by atoms with Gasteiger partial charge in [0.1, 0.15) is 11.5 Å². The van der Waals surface area contributed by atoms with E-state index in [4.69, 9.17) is 9.47 Å². The second-order valence-electron chi connectivity index (χ2n) is 7.41. The number of aryl methyl sites for hydroxylation is 1. The largest absolute Gasteiger partial charge is 0.496 e. The molecule has 0 aromatic heterocycles. The lowest BCUT2D eigenvalue weighted by Crippen LogP contribution is -2.35. The van der Waals surface area contributed by atoms with Crippen molar-refractivity contribution in [3.63, 3.8) is 0 Å². The molecule has 0 saturated carbocycles. The highest BCUT2D eigenvalue weighted by Gasteiger charge is 2.36. The Balaban J connectivity index is 1.89. The molecule has 5 heteroatoms. The smallest absolute Gasteiger partial charge is 0.123 e. The fourth-order valence-corrected chi connectivity index (χ4v) is 5.06.